The molecule has 2 aromatic carbocycles. The van der Waals surface area contributed by atoms with Crippen LogP contribution in [0.1, 0.15) is 31.7 Å². The zero-order chi connectivity index (χ0) is 16.1. The average Bonchev–Trinajstić information content (AvgIpc) is 2.93. The maximum Gasteiger partial charge on any atom is 0.230 e. The van der Waals surface area contributed by atoms with E-state index >= 15 is 0 Å². The summed E-state index contributed by atoms with van der Waals surface area (Å²) >= 11 is 0. The molecular weight excluding hydrogens is 289 g/mol. The fourth-order valence-corrected chi connectivity index (χ4v) is 2.58. The first-order valence-corrected chi connectivity index (χ1v) is 8.03. The van der Waals surface area contributed by atoms with Crippen LogP contribution >= 0.6 is 0 Å². The molecule has 1 heterocycles. The van der Waals surface area contributed by atoms with E-state index in [0.717, 1.165) is 29.6 Å². The molecule has 118 valence electrons. The molecule has 0 radical (unpaired) electrons. The summed E-state index contributed by atoms with van der Waals surface area (Å²) in [5.41, 5.74) is 2.92. The molecule has 0 spiro atoms. The Labute approximate surface area is 135 Å². The first-order valence-electron chi connectivity index (χ1n) is 8.03. The Morgan fingerprint density at radius 3 is 2.65 bits per heavy atom. The highest BCUT2D eigenvalue weighted by atomic mass is 19.1. The standard InChI is InChI=1S/C19H20FN3/c1-2-3-6-13-23-18-8-5-4-7-17(18)22-19(23)21-14-15-9-11-16(20)12-10-15/h4-5,7-12,14H,2-3,6,13H2,1H3. The molecule has 0 fully saturated rings. The number of imidazole rings is 1. The van der Waals surface area contributed by atoms with Crippen molar-refractivity contribution in [1.29, 1.82) is 0 Å². The molecule has 0 aliphatic heterocycles. The number of aromatic nitrogens is 2. The average molecular weight is 309 g/mol. The number of halogens is 1. The topological polar surface area (TPSA) is 30.2 Å². The maximum atomic E-state index is 13.0. The van der Waals surface area contributed by atoms with E-state index in [2.05, 4.69) is 27.5 Å². The maximum absolute atomic E-state index is 13.0. The fraction of sp³-hybridized carbons (Fsp3) is 0.263. The molecule has 3 aromatic rings. The number of unbranched alkanes of at least 4 members (excludes halogenated alkanes) is 2. The van der Waals surface area contributed by atoms with Gasteiger partial charge in [0.25, 0.3) is 0 Å². The minimum Gasteiger partial charge on any atom is -0.308 e. The van der Waals surface area contributed by atoms with Crippen molar-refractivity contribution >= 4 is 23.2 Å². The van der Waals surface area contributed by atoms with E-state index in [4.69, 9.17) is 0 Å². The van der Waals surface area contributed by atoms with Crippen LogP contribution in [0.5, 0.6) is 0 Å². The zero-order valence-corrected chi connectivity index (χ0v) is 13.2. The Kier molecular flexibility index (Phi) is 4.81. The molecule has 0 aliphatic carbocycles. The van der Waals surface area contributed by atoms with Crippen molar-refractivity contribution in [3.63, 3.8) is 0 Å². The molecular formula is C19H20FN3. The van der Waals surface area contributed by atoms with Crippen molar-refractivity contribution in [1.82, 2.24) is 9.55 Å². The van der Waals surface area contributed by atoms with Gasteiger partial charge in [0.2, 0.25) is 5.95 Å². The smallest absolute Gasteiger partial charge is 0.230 e. The van der Waals surface area contributed by atoms with E-state index in [9.17, 15) is 4.39 Å². The highest BCUT2D eigenvalue weighted by molar-refractivity contribution is 5.83. The van der Waals surface area contributed by atoms with Gasteiger partial charge in [0.15, 0.2) is 0 Å². The minimum atomic E-state index is -0.242. The number of fused-ring (bicyclic) bond motifs is 1. The number of nitrogens with zero attached hydrogens (tertiary/aromatic N) is 3. The second kappa shape index (κ2) is 7.18. The quantitative estimate of drug-likeness (QED) is 0.459. The molecule has 0 atom stereocenters. The Hall–Kier alpha value is -2.49. The van der Waals surface area contributed by atoms with Gasteiger partial charge < -0.3 is 4.57 Å². The van der Waals surface area contributed by atoms with Crippen molar-refractivity contribution < 1.29 is 4.39 Å². The summed E-state index contributed by atoms with van der Waals surface area (Å²) in [5.74, 6) is 0.459. The lowest BCUT2D eigenvalue weighted by Crippen LogP contribution is -1.97. The number of aliphatic imine (C=N–C) groups is 1. The molecule has 0 amide bonds. The summed E-state index contributed by atoms with van der Waals surface area (Å²) in [6.07, 6.45) is 5.21. The lowest BCUT2D eigenvalue weighted by Gasteiger charge is -2.05. The molecule has 4 heteroatoms. The minimum absolute atomic E-state index is 0.242. The van der Waals surface area contributed by atoms with Gasteiger partial charge in [-0.1, -0.05) is 44.0 Å². The molecule has 23 heavy (non-hydrogen) atoms. The largest absolute Gasteiger partial charge is 0.308 e. The van der Waals surface area contributed by atoms with E-state index in [-0.39, 0.29) is 5.82 Å². The van der Waals surface area contributed by atoms with Crippen LogP contribution in [0.25, 0.3) is 11.0 Å². The van der Waals surface area contributed by atoms with Crippen LogP contribution in [0.2, 0.25) is 0 Å². The second-order valence-corrected chi connectivity index (χ2v) is 5.57. The van der Waals surface area contributed by atoms with Crippen molar-refractivity contribution in [3.05, 3.63) is 59.9 Å². The van der Waals surface area contributed by atoms with Crippen molar-refractivity contribution in [3.8, 4) is 0 Å². The molecule has 0 N–H and O–H groups in total. The van der Waals surface area contributed by atoms with E-state index in [0.29, 0.717) is 5.95 Å². The number of hydrogen-bond acceptors (Lipinski definition) is 2. The van der Waals surface area contributed by atoms with Crippen LogP contribution < -0.4 is 0 Å². The fourth-order valence-electron chi connectivity index (χ4n) is 2.58. The van der Waals surface area contributed by atoms with Gasteiger partial charge in [0.1, 0.15) is 5.82 Å². The summed E-state index contributed by atoms with van der Waals surface area (Å²) in [7, 11) is 0. The van der Waals surface area contributed by atoms with Crippen LogP contribution in [-0.4, -0.2) is 15.8 Å². The predicted molar refractivity (Wildman–Crippen MR) is 92.9 cm³/mol. The van der Waals surface area contributed by atoms with Crippen LogP contribution in [0.3, 0.4) is 0 Å². The molecule has 0 aliphatic rings. The van der Waals surface area contributed by atoms with Gasteiger partial charge in [0, 0.05) is 12.8 Å². The lowest BCUT2D eigenvalue weighted by atomic mass is 10.2. The van der Waals surface area contributed by atoms with Crippen molar-refractivity contribution in [2.24, 2.45) is 4.99 Å². The number of hydrogen-bond donors (Lipinski definition) is 0. The Morgan fingerprint density at radius 2 is 1.87 bits per heavy atom. The third kappa shape index (κ3) is 3.65. The van der Waals surface area contributed by atoms with Gasteiger partial charge in [-0.25, -0.2) is 14.4 Å². The third-order valence-electron chi connectivity index (χ3n) is 3.82. The number of aryl methyl sites for hydroxylation is 1. The molecule has 0 saturated carbocycles. The Balaban J connectivity index is 1.92. The van der Waals surface area contributed by atoms with Crippen LogP contribution in [0.15, 0.2) is 53.5 Å². The van der Waals surface area contributed by atoms with Gasteiger partial charge >= 0.3 is 0 Å². The molecule has 0 saturated heterocycles. The molecule has 3 rings (SSSR count). The Bertz CT molecular complexity index is 803. The van der Waals surface area contributed by atoms with Crippen LogP contribution in [0.4, 0.5) is 10.3 Å². The summed E-state index contributed by atoms with van der Waals surface area (Å²) in [5, 5.41) is 0. The number of para-hydroxylation sites is 2. The van der Waals surface area contributed by atoms with Crippen LogP contribution in [-0.2, 0) is 6.54 Å². The number of rotatable bonds is 6. The number of benzene rings is 2. The van der Waals surface area contributed by atoms with Crippen molar-refractivity contribution in [2.75, 3.05) is 0 Å². The lowest BCUT2D eigenvalue weighted by molar-refractivity contribution is 0.616. The van der Waals surface area contributed by atoms with Gasteiger partial charge in [0.05, 0.1) is 11.0 Å². The van der Waals surface area contributed by atoms with Gasteiger partial charge in [-0.15, -0.1) is 0 Å². The van der Waals surface area contributed by atoms with E-state index in [1.165, 1.54) is 25.0 Å². The van der Waals surface area contributed by atoms with Gasteiger partial charge in [-0.3, -0.25) is 0 Å². The van der Waals surface area contributed by atoms with E-state index in [1.54, 1.807) is 18.3 Å². The molecule has 0 bridgehead atoms. The molecule has 1 aromatic heterocycles. The normalized spacial score (nSPS) is 11.6. The van der Waals surface area contributed by atoms with Crippen molar-refractivity contribution in [2.45, 2.75) is 32.7 Å². The highest BCUT2D eigenvalue weighted by Gasteiger charge is 2.08. The summed E-state index contributed by atoms with van der Waals surface area (Å²) in [6, 6.07) is 14.4. The SMILES string of the molecule is CCCCCn1c(N=Cc2ccc(F)cc2)nc2ccccc21. The van der Waals surface area contributed by atoms with Crippen LogP contribution in [0, 0.1) is 5.82 Å². The zero-order valence-electron chi connectivity index (χ0n) is 13.2. The predicted octanol–water partition coefficient (Wildman–Crippen LogP) is 5.12. The Morgan fingerprint density at radius 1 is 1.09 bits per heavy atom. The highest BCUT2D eigenvalue weighted by Crippen LogP contribution is 2.22. The van der Waals surface area contributed by atoms with E-state index in [1.807, 2.05) is 18.2 Å². The summed E-state index contributed by atoms with van der Waals surface area (Å²) in [6.45, 7) is 3.10. The second-order valence-electron chi connectivity index (χ2n) is 5.57. The van der Waals surface area contributed by atoms with E-state index < -0.39 is 0 Å². The van der Waals surface area contributed by atoms with Gasteiger partial charge in [-0.2, -0.15) is 0 Å². The summed E-state index contributed by atoms with van der Waals surface area (Å²) < 4.78 is 15.1. The summed E-state index contributed by atoms with van der Waals surface area (Å²) in [4.78, 5) is 9.14. The molecule has 3 nitrogen and oxygen atoms in total. The van der Waals surface area contributed by atoms with Gasteiger partial charge in [-0.05, 0) is 36.2 Å². The monoisotopic (exact) mass is 309 g/mol. The molecule has 0 unspecified atom stereocenters. The first-order chi connectivity index (χ1) is 11.3. The first kappa shape index (κ1) is 15.4. The third-order valence-corrected chi connectivity index (χ3v) is 3.82.